The van der Waals surface area contributed by atoms with Crippen molar-refractivity contribution >= 4 is 23.2 Å². The third-order valence-corrected chi connectivity index (χ3v) is 1.09. The van der Waals surface area contributed by atoms with Crippen LogP contribution in [0.2, 0.25) is 0 Å². The molecule has 0 atom stereocenters. The molecule has 0 aromatic rings. The van der Waals surface area contributed by atoms with E-state index in [0.717, 1.165) is 6.42 Å². The molecule has 0 saturated heterocycles. The number of amides is 1. The Labute approximate surface area is 51.9 Å². The van der Waals surface area contributed by atoms with E-state index in [0.29, 0.717) is 6.54 Å². The maximum absolute atomic E-state index is 10.2. The minimum atomic E-state index is -0.501. The fourth-order valence-corrected chi connectivity index (χ4v) is 0.656. The first-order chi connectivity index (χ1) is 3.80. The van der Waals surface area contributed by atoms with Gasteiger partial charge in [0.2, 0.25) is 0 Å². The summed E-state index contributed by atoms with van der Waals surface area (Å²) in [5, 5.41) is 4.38. The van der Waals surface area contributed by atoms with Crippen LogP contribution in [0.5, 0.6) is 0 Å². The van der Waals surface area contributed by atoms with Crippen molar-refractivity contribution in [3.63, 3.8) is 0 Å². The Hall–Kier alpha value is -0.570. The van der Waals surface area contributed by atoms with Gasteiger partial charge in [0.15, 0.2) is 0 Å². The Morgan fingerprint density at radius 3 is 2.88 bits per heavy atom. The third kappa shape index (κ3) is 0.980. The fourth-order valence-electron chi connectivity index (χ4n) is 0.527. The van der Waals surface area contributed by atoms with Crippen molar-refractivity contribution in [3.05, 3.63) is 0 Å². The van der Waals surface area contributed by atoms with Crippen LogP contribution >= 0.6 is 11.6 Å². The molecule has 0 aliphatic carbocycles. The molecule has 0 unspecified atom stereocenters. The molecule has 44 valence electrons. The van der Waals surface area contributed by atoms with E-state index in [1.807, 2.05) is 0 Å². The molecule has 0 N–H and O–H groups in total. The molecule has 1 amide bonds. The van der Waals surface area contributed by atoms with E-state index in [1.165, 1.54) is 5.01 Å². The van der Waals surface area contributed by atoms with E-state index in [4.69, 9.17) is 11.6 Å². The van der Waals surface area contributed by atoms with Crippen molar-refractivity contribution in [2.45, 2.75) is 6.42 Å². The van der Waals surface area contributed by atoms with Crippen LogP contribution in [-0.4, -0.2) is 23.1 Å². The molecule has 1 heterocycles. The Bertz CT molecular complexity index is 134. The Morgan fingerprint density at radius 1 is 1.88 bits per heavy atom. The van der Waals surface area contributed by atoms with Gasteiger partial charge in [-0.25, -0.2) is 5.01 Å². The summed E-state index contributed by atoms with van der Waals surface area (Å²) in [6.07, 6.45) is 2.48. The first-order valence-electron chi connectivity index (χ1n) is 2.30. The van der Waals surface area contributed by atoms with Crippen LogP contribution in [0.25, 0.3) is 0 Å². The smallest absolute Gasteiger partial charge is 0.253 e. The predicted molar refractivity (Wildman–Crippen MR) is 31.1 cm³/mol. The average molecular weight is 133 g/mol. The number of halogens is 1. The van der Waals surface area contributed by atoms with Crippen LogP contribution < -0.4 is 0 Å². The van der Waals surface area contributed by atoms with Crippen LogP contribution in [0.4, 0.5) is 4.79 Å². The highest BCUT2D eigenvalue weighted by Gasteiger charge is 2.10. The number of hydrogen-bond acceptors (Lipinski definition) is 2. The maximum atomic E-state index is 10.2. The van der Waals surface area contributed by atoms with Crippen molar-refractivity contribution < 1.29 is 4.79 Å². The number of rotatable bonds is 0. The van der Waals surface area contributed by atoms with Crippen molar-refractivity contribution in [2.24, 2.45) is 5.10 Å². The van der Waals surface area contributed by atoms with Gasteiger partial charge in [-0.15, -0.1) is 0 Å². The molecule has 0 aromatic carbocycles. The normalized spacial score (nSPS) is 17.4. The summed E-state index contributed by atoms with van der Waals surface area (Å²) in [4.78, 5) is 10.2. The highest BCUT2D eigenvalue weighted by Crippen LogP contribution is 2.02. The van der Waals surface area contributed by atoms with Crippen molar-refractivity contribution in [3.8, 4) is 0 Å². The molecule has 0 radical (unpaired) electrons. The molecule has 0 fully saturated rings. The lowest BCUT2D eigenvalue weighted by Crippen LogP contribution is -2.15. The van der Waals surface area contributed by atoms with Gasteiger partial charge in [-0.1, -0.05) is 0 Å². The average Bonchev–Trinajstić information content (AvgIpc) is 2.12. The topological polar surface area (TPSA) is 32.7 Å². The third-order valence-electron chi connectivity index (χ3n) is 0.894. The molecule has 0 aromatic heterocycles. The van der Waals surface area contributed by atoms with Gasteiger partial charge in [-0.2, -0.15) is 5.10 Å². The first kappa shape index (κ1) is 5.56. The zero-order chi connectivity index (χ0) is 5.98. The van der Waals surface area contributed by atoms with Crippen molar-refractivity contribution in [1.29, 1.82) is 0 Å². The summed E-state index contributed by atoms with van der Waals surface area (Å²) in [5.41, 5.74) is 0. The van der Waals surface area contributed by atoms with Crippen LogP contribution in [0.15, 0.2) is 5.10 Å². The van der Waals surface area contributed by atoms with Crippen molar-refractivity contribution in [1.82, 2.24) is 5.01 Å². The van der Waals surface area contributed by atoms with Gasteiger partial charge >= 0.3 is 5.37 Å². The largest absolute Gasteiger partial charge is 0.336 e. The van der Waals surface area contributed by atoms with Crippen LogP contribution in [-0.2, 0) is 0 Å². The first-order valence-corrected chi connectivity index (χ1v) is 2.68. The summed E-state index contributed by atoms with van der Waals surface area (Å²) in [5.74, 6) is 0. The van der Waals surface area contributed by atoms with Gasteiger partial charge in [0, 0.05) is 12.6 Å². The second kappa shape index (κ2) is 2.13. The van der Waals surface area contributed by atoms with Crippen LogP contribution in [0.3, 0.4) is 0 Å². The number of carbonyl (C=O) groups excluding carboxylic acids is 1. The lowest BCUT2D eigenvalue weighted by molar-refractivity contribution is 0.229. The zero-order valence-corrected chi connectivity index (χ0v) is 4.93. The van der Waals surface area contributed by atoms with Crippen molar-refractivity contribution in [2.75, 3.05) is 6.54 Å². The Kier molecular flexibility index (Phi) is 1.48. The number of nitrogens with zero attached hydrogens (tertiary/aromatic N) is 2. The highest BCUT2D eigenvalue weighted by atomic mass is 35.5. The van der Waals surface area contributed by atoms with E-state index < -0.39 is 5.37 Å². The second-order valence-corrected chi connectivity index (χ2v) is 1.79. The van der Waals surface area contributed by atoms with Gasteiger partial charge in [-0.3, -0.25) is 4.79 Å². The molecule has 8 heavy (non-hydrogen) atoms. The SMILES string of the molecule is O=C(Cl)N1CCC=N1. The zero-order valence-electron chi connectivity index (χ0n) is 4.17. The molecule has 0 spiro atoms. The lowest BCUT2D eigenvalue weighted by Gasteiger charge is -2.03. The summed E-state index contributed by atoms with van der Waals surface area (Å²) >= 11 is 5.06. The quantitative estimate of drug-likeness (QED) is 0.358. The molecule has 0 saturated carbocycles. The summed E-state index contributed by atoms with van der Waals surface area (Å²) in [6.45, 7) is 0.627. The van der Waals surface area contributed by atoms with Gasteiger partial charge < -0.3 is 0 Å². The standard InChI is InChI=1S/C4H5ClN2O/c5-4(8)7-3-1-2-6-7/h2H,1,3H2. The van der Waals surface area contributed by atoms with Gasteiger partial charge in [0.25, 0.3) is 0 Å². The molecule has 1 aliphatic rings. The molecular weight excluding hydrogens is 128 g/mol. The number of hydrazone groups is 1. The molecule has 1 rings (SSSR count). The summed E-state index contributed by atoms with van der Waals surface area (Å²) in [6, 6.07) is 0. The molecule has 0 bridgehead atoms. The minimum Gasteiger partial charge on any atom is -0.253 e. The Balaban J connectivity index is 2.48. The van der Waals surface area contributed by atoms with E-state index in [1.54, 1.807) is 6.21 Å². The van der Waals surface area contributed by atoms with E-state index in [-0.39, 0.29) is 0 Å². The number of hydrogen-bond donors (Lipinski definition) is 0. The fraction of sp³-hybridized carbons (Fsp3) is 0.500. The van der Waals surface area contributed by atoms with Gasteiger partial charge in [0.05, 0.1) is 6.54 Å². The van der Waals surface area contributed by atoms with E-state index >= 15 is 0 Å². The minimum absolute atomic E-state index is 0.501. The Morgan fingerprint density at radius 2 is 2.62 bits per heavy atom. The highest BCUT2D eigenvalue weighted by molar-refractivity contribution is 6.62. The maximum Gasteiger partial charge on any atom is 0.336 e. The molecule has 3 nitrogen and oxygen atoms in total. The molecule has 4 heteroatoms. The van der Waals surface area contributed by atoms with E-state index in [2.05, 4.69) is 5.10 Å². The second-order valence-electron chi connectivity index (χ2n) is 1.46. The van der Waals surface area contributed by atoms with Crippen LogP contribution in [0, 0.1) is 0 Å². The monoisotopic (exact) mass is 132 g/mol. The number of carbonyl (C=O) groups is 1. The molecule has 1 aliphatic heterocycles. The van der Waals surface area contributed by atoms with Crippen LogP contribution in [0.1, 0.15) is 6.42 Å². The predicted octanol–water partition coefficient (Wildman–Crippen LogP) is 1.04. The molecular formula is C4H5ClN2O. The van der Waals surface area contributed by atoms with E-state index in [9.17, 15) is 4.79 Å². The lowest BCUT2D eigenvalue weighted by atomic mass is 10.5. The summed E-state index contributed by atoms with van der Waals surface area (Å²) in [7, 11) is 0. The summed E-state index contributed by atoms with van der Waals surface area (Å²) < 4.78 is 0. The van der Waals surface area contributed by atoms with Gasteiger partial charge in [-0.05, 0) is 11.6 Å². The van der Waals surface area contributed by atoms with Gasteiger partial charge in [0.1, 0.15) is 0 Å².